The van der Waals surface area contributed by atoms with Crippen molar-refractivity contribution in [2.75, 3.05) is 23.0 Å². The standard InChI is InChI=1S/C31H39N5O5Si/c1-21-29(42(2,3)40)27(14-17-34-20-23(15-18-37)32-33-34)41-31(21)25-7-4-5-8-26(25)36(30(31)39)19-22-10-12-24(13-11-22)35-16-6-9-28(35)38/h4-5,7-8,10-13,20-21,27,29,37,40H,6,9,14-19H2,1-3H3/t21-,27+,29-,31+/m0/s1. The number of hydrogen-bond donors (Lipinski definition) is 2. The van der Waals surface area contributed by atoms with Crippen molar-refractivity contribution in [3.63, 3.8) is 0 Å². The molecule has 1 spiro atoms. The quantitative estimate of drug-likeness (QED) is 0.367. The SMILES string of the molecule is C[C@H]1[C@H]([Si](C)(C)O)[C@@H](CCn2cc(CCO)nn2)O[C@]12C(=O)N(Cc1ccc(N3CCCC3=O)cc1)c1ccccc12. The molecule has 0 saturated carbocycles. The minimum Gasteiger partial charge on any atom is -0.432 e. The van der Waals surface area contributed by atoms with E-state index in [4.69, 9.17) is 4.74 Å². The summed E-state index contributed by atoms with van der Waals surface area (Å²) in [6, 6.07) is 15.7. The van der Waals surface area contributed by atoms with E-state index in [0.717, 1.165) is 41.2 Å². The van der Waals surface area contributed by atoms with Crippen LogP contribution in [0.1, 0.15) is 43.0 Å². The molecule has 4 atom stereocenters. The summed E-state index contributed by atoms with van der Waals surface area (Å²) >= 11 is 0. The van der Waals surface area contributed by atoms with E-state index in [1.807, 2.05) is 84.5 Å². The van der Waals surface area contributed by atoms with E-state index in [1.165, 1.54) is 0 Å². The van der Waals surface area contributed by atoms with E-state index in [9.17, 15) is 19.5 Å². The maximum absolute atomic E-state index is 14.5. The first kappa shape index (κ1) is 28.7. The van der Waals surface area contributed by atoms with E-state index >= 15 is 0 Å². The van der Waals surface area contributed by atoms with Gasteiger partial charge >= 0.3 is 0 Å². The number of benzene rings is 2. The largest absolute Gasteiger partial charge is 0.432 e. The minimum atomic E-state index is -2.77. The van der Waals surface area contributed by atoms with Gasteiger partial charge < -0.3 is 24.4 Å². The Hall–Kier alpha value is -3.38. The zero-order valence-corrected chi connectivity index (χ0v) is 25.4. The average molecular weight is 590 g/mol. The number of nitrogens with zero attached hydrogens (tertiary/aromatic N) is 5. The van der Waals surface area contributed by atoms with Crippen LogP contribution in [-0.2, 0) is 39.4 Å². The normalized spacial score (nSPS) is 25.7. The Morgan fingerprint density at radius 1 is 1.12 bits per heavy atom. The molecule has 2 aromatic carbocycles. The molecule has 3 aliphatic rings. The molecule has 11 heteroatoms. The Morgan fingerprint density at radius 2 is 1.88 bits per heavy atom. The molecule has 1 aromatic heterocycles. The lowest BCUT2D eigenvalue weighted by atomic mass is 9.82. The van der Waals surface area contributed by atoms with Gasteiger partial charge in [0.2, 0.25) is 5.91 Å². The molecule has 3 aliphatic heterocycles. The third kappa shape index (κ3) is 4.87. The van der Waals surface area contributed by atoms with Crippen LogP contribution in [-0.4, -0.2) is 64.3 Å². The van der Waals surface area contributed by atoms with Gasteiger partial charge in [0.25, 0.3) is 5.91 Å². The third-order valence-electron chi connectivity index (χ3n) is 9.15. The van der Waals surface area contributed by atoms with E-state index in [0.29, 0.717) is 32.4 Å². The molecule has 2 amide bonds. The Kier molecular flexibility index (Phi) is 7.54. The topological polar surface area (TPSA) is 121 Å². The van der Waals surface area contributed by atoms with Crippen LogP contribution < -0.4 is 9.80 Å². The molecule has 10 nitrogen and oxygen atoms in total. The first-order valence-corrected chi connectivity index (χ1v) is 17.9. The van der Waals surface area contributed by atoms with Gasteiger partial charge in [0.15, 0.2) is 13.9 Å². The number of rotatable bonds is 9. The highest BCUT2D eigenvalue weighted by atomic mass is 28.4. The lowest BCUT2D eigenvalue weighted by molar-refractivity contribution is -0.146. The lowest BCUT2D eigenvalue weighted by Gasteiger charge is -2.32. The average Bonchev–Trinajstić information content (AvgIpc) is 3.72. The zero-order chi connectivity index (χ0) is 29.6. The Labute approximate surface area is 247 Å². The summed E-state index contributed by atoms with van der Waals surface area (Å²) in [5.74, 6) is -0.196. The molecular weight excluding hydrogens is 550 g/mol. The Bertz CT molecular complexity index is 1470. The fraction of sp³-hybridized carbons (Fsp3) is 0.484. The summed E-state index contributed by atoms with van der Waals surface area (Å²) in [7, 11) is -2.77. The second kappa shape index (κ2) is 11.0. The monoisotopic (exact) mass is 589 g/mol. The van der Waals surface area contributed by atoms with Gasteiger partial charge in [-0.25, -0.2) is 0 Å². The summed E-state index contributed by atoms with van der Waals surface area (Å²) in [6.45, 7) is 7.55. The van der Waals surface area contributed by atoms with Crippen molar-refractivity contribution < 1.29 is 24.2 Å². The van der Waals surface area contributed by atoms with Crippen LogP contribution in [0.3, 0.4) is 0 Å². The van der Waals surface area contributed by atoms with Crippen molar-refractivity contribution in [2.24, 2.45) is 5.92 Å². The van der Waals surface area contributed by atoms with Gasteiger partial charge in [0, 0.05) is 61.4 Å². The Balaban J connectivity index is 1.28. The number of aromatic nitrogens is 3. The van der Waals surface area contributed by atoms with Crippen LogP contribution in [0, 0.1) is 5.92 Å². The molecule has 3 aromatic rings. The van der Waals surface area contributed by atoms with Crippen molar-refractivity contribution in [3.8, 4) is 0 Å². The van der Waals surface area contributed by atoms with Crippen LogP contribution in [0.25, 0.3) is 0 Å². The van der Waals surface area contributed by atoms with Gasteiger partial charge in [-0.1, -0.05) is 42.5 Å². The number of para-hydroxylation sites is 1. The van der Waals surface area contributed by atoms with Crippen LogP contribution in [0.2, 0.25) is 18.6 Å². The summed E-state index contributed by atoms with van der Waals surface area (Å²) in [5.41, 5.74) is 2.88. The second-order valence-corrected chi connectivity index (χ2v) is 16.3. The van der Waals surface area contributed by atoms with Gasteiger partial charge in [0.1, 0.15) is 0 Å². The number of hydrogen-bond acceptors (Lipinski definition) is 7. The molecular formula is C31H39N5O5Si. The number of anilines is 2. The molecule has 222 valence electrons. The predicted molar refractivity (Wildman–Crippen MR) is 160 cm³/mol. The van der Waals surface area contributed by atoms with Gasteiger partial charge in [-0.15, -0.1) is 5.10 Å². The zero-order valence-electron chi connectivity index (χ0n) is 24.4. The second-order valence-electron chi connectivity index (χ2n) is 12.3. The maximum atomic E-state index is 14.5. The highest BCUT2D eigenvalue weighted by molar-refractivity contribution is 6.71. The molecule has 6 rings (SSSR count). The maximum Gasteiger partial charge on any atom is 0.264 e. The number of ether oxygens (including phenoxy) is 1. The van der Waals surface area contributed by atoms with Crippen LogP contribution >= 0.6 is 0 Å². The van der Waals surface area contributed by atoms with Gasteiger partial charge in [-0.05, 0) is 49.7 Å². The predicted octanol–water partition coefficient (Wildman–Crippen LogP) is 3.37. The summed E-state index contributed by atoms with van der Waals surface area (Å²) < 4.78 is 8.62. The molecule has 2 N–H and O–H groups in total. The molecule has 2 fully saturated rings. The lowest BCUT2D eigenvalue weighted by Crippen LogP contribution is -2.46. The van der Waals surface area contributed by atoms with Crippen LogP contribution in [0.15, 0.2) is 54.7 Å². The van der Waals surface area contributed by atoms with Gasteiger partial charge in [-0.3, -0.25) is 14.3 Å². The molecule has 2 saturated heterocycles. The van der Waals surface area contributed by atoms with Crippen molar-refractivity contribution in [1.29, 1.82) is 0 Å². The molecule has 0 unspecified atom stereocenters. The summed E-state index contributed by atoms with van der Waals surface area (Å²) in [5, 5.41) is 17.5. The van der Waals surface area contributed by atoms with E-state index in [-0.39, 0.29) is 36.0 Å². The number of aliphatic hydroxyl groups excluding tert-OH is 1. The molecule has 0 bridgehead atoms. The highest BCUT2D eigenvalue weighted by Gasteiger charge is 2.66. The van der Waals surface area contributed by atoms with Gasteiger partial charge in [0.05, 0.1) is 24.0 Å². The van der Waals surface area contributed by atoms with E-state index < -0.39 is 13.9 Å². The highest BCUT2D eigenvalue weighted by Crippen LogP contribution is 2.59. The molecule has 4 heterocycles. The van der Waals surface area contributed by atoms with Crippen LogP contribution in [0.4, 0.5) is 11.4 Å². The minimum absolute atomic E-state index is 0.0110. The number of carbonyl (C=O) groups is 2. The van der Waals surface area contributed by atoms with Crippen molar-refractivity contribution in [3.05, 3.63) is 71.5 Å². The van der Waals surface area contributed by atoms with E-state index in [2.05, 4.69) is 10.3 Å². The van der Waals surface area contributed by atoms with Crippen molar-refractivity contribution in [1.82, 2.24) is 15.0 Å². The van der Waals surface area contributed by atoms with Crippen LogP contribution in [0.5, 0.6) is 0 Å². The molecule has 0 aliphatic carbocycles. The smallest absolute Gasteiger partial charge is 0.264 e. The fourth-order valence-electron chi connectivity index (χ4n) is 7.28. The number of fused-ring (bicyclic) bond motifs is 2. The fourth-order valence-corrected chi connectivity index (χ4v) is 9.88. The summed E-state index contributed by atoms with van der Waals surface area (Å²) in [6.07, 6.45) is 3.95. The molecule has 42 heavy (non-hydrogen) atoms. The third-order valence-corrected chi connectivity index (χ3v) is 11.7. The number of aliphatic hydroxyl groups is 1. The number of carbonyl (C=O) groups excluding carboxylic acids is 2. The molecule has 0 radical (unpaired) electrons. The number of aryl methyl sites for hydroxylation is 1. The Morgan fingerprint density at radius 3 is 2.57 bits per heavy atom. The van der Waals surface area contributed by atoms with Gasteiger partial charge in [-0.2, -0.15) is 0 Å². The first-order valence-electron chi connectivity index (χ1n) is 14.8. The van der Waals surface area contributed by atoms with E-state index in [1.54, 1.807) is 4.68 Å². The van der Waals surface area contributed by atoms with Crippen molar-refractivity contribution >= 4 is 31.5 Å². The summed E-state index contributed by atoms with van der Waals surface area (Å²) in [4.78, 5) is 41.8. The number of amides is 2. The first-order chi connectivity index (χ1) is 20.1. The van der Waals surface area contributed by atoms with Crippen molar-refractivity contribution in [2.45, 2.75) is 76.0 Å².